The maximum absolute atomic E-state index is 14.6. The van der Waals surface area contributed by atoms with Crippen molar-refractivity contribution in [2.45, 2.75) is 13.0 Å². The molecule has 36 heavy (non-hydrogen) atoms. The molecule has 0 radical (unpaired) electrons. The average Bonchev–Trinajstić information content (AvgIpc) is 3.69. The fourth-order valence-corrected chi connectivity index (χ4v) is 4.95. The molecule has 0 spiro atoms. The highest BCUT2D eigenvalue weighted by Crippen LogP contribution is 2.32. The number of nitrogens with zero attached hydrogens (tertiary/aromatic N) is 8. The van der Waals surface area contributed by atoms with Crippen molar-refractivity contribution in [3.63, 3.8) is 0 Å². The summed E-state index contributed by atoms with van der Waals surface area (Å²) in [6.45, 7) is 3.78. The summed E-state index contributed by atoms with van der Waals surface area (Å²) in [7, 11) is 0. The van der Waals surface area contributed by atoms with Crippen molar-refractivity contribution in [1.29, 1.82) is 0 Å². The molecule has 0 amide bonds. The molecule has 2 aliphatic rings. The van der Waals surface area contributed by atoms with Crippen molar-refractivity contribution >= 4 is 23.1 Å². The predicted octanol–water partition coefficient (Wildman–Crippen LogP) is 2.36. The van der Waals surface area contributed by atoms with Crippen LogP contribution in [0.5, 0.6) is 5.75 Å². The molecule has 0 bridgehead atoms. The van der Waals surface area contributed by atoms with Crippen molar-refractivity contribution in [1.82, 2.24) is 34.2 Å². The van der Waals surface area contributed by atoms with E-state index in [2.05, 4.69) is 35.5 Å². The number of ether oxygens (including phenoxy) is 2. The number of benzene rings is 1. The van der Waals surface area contributed by atoms with Gasteiger partial charge in [0.2, 0.25) is 5.95 Å². The molecule has 6 heterocycles. The molecule has 11 nitrogen and oxygen atoms in total. The van der Waals surface area contributed by atoms with E-state index in [9.17, 15) is 4.39 Å². The molecular weight excluding hydrogens is 465 g/mol. The second-order valence-electron chi connectivity index (χ2n) is 8.67. The molecule has 12 heteroatoms. The maximum atomic E-state index is 14.6. The zero-order valence-corrected chi connectivity index (χ0v) is 19.3. The van der Waals surface area contributed by atoms with Gasteiger partial charge in [-0.1, -0.05) is 0 Å². The minimum atomic E-state index is -0.266. The zero-order chi connectivity index (χ0) is 24.1. The lowest BCUT2D eigenvalue weighted by Gasteiger charge is -2.29. The third kappa shape index (κ3) is 3.33. The van der Waals surface area contributed by atoms with Gasteiger partial charge in [-0.25, -0.2) is 14.4 Å². The number of morpholine rings is 1. The highest BCUT2D eigenvalue weighted by Gasteiger charge is 2.22. The van der Waals surface area contributed by atoms with Crippen LogP contribution in [-0.2, 0) is 17.7 Å². The van der Waals surface area contributed by atoms with Crippen LogP contribution < -0.4 is 15.0 Å². The topological polar surface area (TPSA) is 107 Å². The summed E-state index contributed by atoms with van der Waals surface area (Å²) in [6, 6.07) is 7.16. The Morgan fingerprint density at radius 2 is 1.92 bits per heavy atom. The van der Waals surface area contributed by atoms with Crippen molar-refractivity contribution in [3.8, 4) is 16.9 Å². The molecule has 1 N–H and O–H groups in total. The smallest absolute Gasteiger partial charge is 0.210 e. The van der Waals surface area contributed by atoms with Crippen LogP contribution in [0.4, 0.5) is 16.2 Å². The maximum Gasteiger partial charge on any atom is 0.210 e. The van der Waals surface area contributed by atoms with E-state index < -0.39 is 0 Å². The van der Waals surface area contributed by atoms with Crippen molar-refractivity contribution in [3.05, 3.63) is 60.1 Å². The van der Waals surface area contributed by atoms with E-state index in [1.807, 2.05) is 16.6 Å². The Labute approximate surface area is 204 Å². The second-order valence-corrected chi connectivity index (χ2v) is 8.67. The Morgan fingerprint density at radius 1 is 1.00 bits per heavy atom. The van der Waals surface area contributed by atoms with Crippen LogP contribution in [-0.4, -0.2) is 67.1 Å². The number of nitrogens with one attached hydrogen (secondary N) is 1. The summed E-state index contributed by atoms with van der Waals surface area (Å²) in [5.41, 5.74) is 4.40. The molecule has 0 saturated carbocycles. The van der Waals surface area contributed by atoms with E-state index in [0.29, 0.717) is 49.0 Å². The molecule has 1 fully saturated rings. The molecule has 182 valence electrons. The van der Waals surface area contributed by atoms with Crippen LogP contribution in [0.2, 0.25) is 0 Å². The van der Waals surface area contributed by atoms with Crippen LogP contribution in [0.15, 0.2) is 43.1 Å². The van der Waals surface area contributed by atoms with E-state index in [1.54, 1.807) is 29.3 Å². The number of pyridine rings is 1. The lowest BCUT2D eigenvalue weighted by atomic mass is 10.0. The average molecular weight is 487 g/mol. The Kier molecular flexibility index (Phi) is 4.91. The van der Waals surface area contributed by atoms with Crippen LogP contribution in [0, 0.1) is 5.82 Å². The highest BCUT2D eigenvalue weighted by molar-refractivity contribution is 5.86. The summed E-state index contributed by atoms with van der Waals surface area (Å²) in [5, 5.41) is 16.2. The number of rotatable bonds is 5. The van der Waals surface area contributed by atoms with E-state index in [1.165, 1.54) is 6.07 Å². The Bertz CT molecular complexity index is 1590. The van der Waals surface area contributed by atoms with Gasteiger partial charge in [0.15, 0.2) is 11.3 Å². The lowest BCUT2D eigenvalue weighted by Crippen LogP contribution is -2.37. The number of hydrogen-bond acceptors (Lipinski definition) is 9. The minimum Gasteiger partial charge on any atom is -0.493 e. The van der Waals surface area contributed by atoms with Gasteiger partial charge in [0.05, 0.1) is 19.8 Å². The third-order valence-corrected chi connectivity index (χ3v) is 6.73. The summed E-state index contributed by atoms with van der Waals surface area (Å²) < 4.78 is 29.3. The number of aromatic nitrogens is 7. The number of fused-ring (bicyclic) bond motifs is 3. The molecule has 7 rings (SSSR count). The molecule has 0 aliphatic carbocycles. The van der Waals surface area contributed by atoms with E-state index in [0.717, 1.165) is 41.3 Å². The standard InChI is InChI=1S/C24H22FN9O2/c25-19-2-3-20-15(5-8-36-20)17(19)11-26-24-27-12-18(23-31-29-14-33(23)24)16-1-4-21(32-6-9-35-10-7-32)34-22(16)28-13-30-34/h1-4,12-14H,5-11H2,(H,26,27). The summed E-state index contributed by atoms with van der Waals surface area (Å²) >= 11 is 0. The third-order valence-electron chi connectivity index (χ3n) is 6.73. The van der Waals surface area contributed by atoms with Crippen LogP contribution in [0.1, 0.15) is 11.1 Å². The number of halogens is 1. The van der Waals surface area contributed by atoms with Crippen LogP contribution >= 0.6 is 0 Å². The molecule has 1 saturated heterocycles. The second kappa shape index (κ2) is 8.41. The van der Waals surface area contributed by atoms with Crippen molar-refractivity contribution in [2.75, 3.05) is 43.1 Å². The van der Waals surface area contributed by atoms with E-state index in [-0.39, 0.29) is 12.4 Å². The Balaban J connectivity index is 1.25. The van der Waals surface area contributed by atoms with Gasteiger partial charge >= 0.3 is 0 Å². The molecule has 2 aliphatic heterocycles. The first-order valence-corrected chi connectivity index (χ1v) is 11.8. The molecule has 4 aromatic heterocycles. The number of hydrogen-bond donors (Lipinski definition) is 1. The zero-order valence-electron chi connectivity index (χ0n) is 19.3. The number of anilines is 2. The van der Waals surface area contributed by atoms with Crippen LogP contribution in [0.25, 0.3) is 22.4 Å². The van der Waals surface area contributed by atoms with Crippen LogP contribution in [0.3, 0.4) is 0 Å². The van der Waals surface area contributed by atoms with Gasteiger partial charge in [0.25, 0.3) is 0 Å². The fourth-order valence-electron chi connectivity index (χ4n) is 4.95. The van der Waals surface area contributed by atoms with Gasteiger partial charge in [-0.15, -0.1) is 10.2 Å². The molecule has 5 aromatic rings. The summed E-state index contributed by atoms with van der Waals surface area (Å²) in [4.78, 5) is 11.4. The SMILES string of the molecule is Fc1ccc2c(c1CNc1ncc(-c3ccc(N4CCOCC4)n4ncnc34)c3nncn13)CCO2. The first-order chi connectivity index (χ1) is 17.8. The normalized spacial score (nSPS) is 15.4. The molecule has 0 unspecified atom stereocenters. The first-order valence-electron chi connectivity index (χ1n) is 11.8. The fraction of sp³-hybridized carbons (Fsp3) is 0.292. The van der Waals surface area contributed by atoms with Gasteiger partial charge in [-0.05, 0) is 24.3 Å². The first kappa shape index (κ1) is 21.0. The van der Waals surface area contributed by atoms with E-state index >= 15 is 0 Å². The molecular formula is C24H22FN9O2. The Hall–Kier alpha value is -4.32. The van der Waals surface area contributed by atoms with Gasteiger partial charge in [-0.2, -0.15) is 9.61 Å². The summed E-state index contributed by atoms with van der Waals surface area (Å²) in [6.07, 6.45) is 5.56. The highest BCUT2D eigenvalue weighted by atomic mass is 19.1. The van der Waals surface area contributed by atoms with Gasteiger partial charge in [0, 0.05) is 54.5 Å². The minimum absolute atomic E-state index is 0.265. The van der Waals surface area contributed by atoms with Gasteiger partial charge < -0.3 is 19.7 Å². The van der Waals surface area contributed by atoms with E-state index in [4.69, 9.17) is 9.47 Å². The van der Waals surface area contributed by atoms with Crippen molar-refractivity contribution < 1.29 is 13.9 Å². The monoisotopic (exact) mass is 487 g/mol. The quantitative estimate of drug-likeness (QED) is 0.400. The lowest BCUT2D eigenvalue weighted by molar-refractivity contribution is 0.122. The summed E-state index contributed by atoms with van der Waals surface area (Å²) in [5.74, 6) is 1.94. The predicted molar refractivity (Wildman–Crippen MR) is 129 cm³/mol. The van der Waals surface area contributed by atoms with Gasteiger partial charge in [0.1, 0.15) is 30.0 Å². The van der Waals surface area contributed by atoms with Crippen molar-refractivity contribution in [2.24, 2.45) is 0 Å². The van der Waals surface area contributed by atoms with Gasteiger partial charge in [-0.3, -0.25) is 4.40 Å². The molecule has 1 aromatic carbocycles. The Morgan fingerprint density at radius 3 is 2.83 bits per heavy atom. The largest absolute Gasteiger partial charge is 0.493 e. The molecule has 0 atom stereocenters.